The Morgan fingerprint density at radius 2 is 2.27 bits per heavy atom. The summed E-state index contributed by atoms with van der Waals surface area (Å²) >= 11 is 0. The van der Waals surface area contributed by atoms with Gasteiger partial charge < -0.3 is 9.47 Å². The third kappa shape index (κ3) is 3.23. The predicted octanol–water partition coefficient (Wildman–Crippen LogP) is 2.25. The highest BCUT2D eigenvalue weighted by Gasteiger charge is 2.04. The highest BCUT2D eigenvalue weighted by molar-refractivity contribution is 5.80. The largest absolute Gasteiger partial charge is 0.497 e. The van der Waals surface area contributed by atoms with Crippen LogP contribution in [0.25, 0.3) is 0 Å². The molecule has 0 fully saturated rings. The lowest BCUT2D eigenvalue weighted by Crippen LogP contribution is -2.01. The van der Waals surface area contributed by atoms with E-state index in [1.54, 1.807) is 18.2 Å². The fraction of sp³-hybridized carbons (Fsp3) is 0.364. The number of alkyl halides is 1. The van der Waals surface area contributed by atoms with E-state index in [4.69, 9.17) is 9.47 Å². The van der Waals surface area contributed by atoms with Crippen molar-refractivity contribution in [3.63, 3.8) is 0 Å². The molecule has 0 aliphatic carbocycles. The van der Waals surface area contributed by atoms with E-state index in [1.165, 1.54) is 7.11 Å². The number of rotatable bonds is 6. The van der Waals surface area contributed by atoms with Crippen LogP contribution in [0.15, 0.2) is 18.2 Å². The summed E-state index contributed by atoms with van der Waals surface area (Å²) in [5, 5.41) is 0. The van der Waals surface area contributed by atoms with Gasteiger partial charge in [-0.3, -0.25) is 9.18 Å². The first-order valence-corrected chi connectivity index (χ1v) is 4.63. The van der Waals surface area contributed by atoms with Gasteiger partial charge in [0, 0.05) is 6.42 Å². The van der Waals surface area contributed by atoms with Gasteiger partial charge in [0.25, 0.3) is 0 Å². The molecule has 15 heavy (non-hydrogen) atoms. The first kappa shape index (κ1) is 11.5. The molecule has 0 heterocycles. The summed E-state index contributed by atoms with van der Waals surface area (Å²) in [5.41, 5.74) is 0.410. The number of hydrogen-bond acceptors (Lipinski definition) is 3. The molecular formula is C11H13FO3. The fourth-order valence-electron chi connectivity index (χ4n) is 1.11. The first-order valence-electron chi connectivity index (χ1n) is 4.63. The van der Waals surface area contributed by atoms with Crippen LogP contribution >= 0.6 is 0 Å². The maximum Gasteiger partial charge on any atom is 0.153 e. The number of methoxy groups -OCH3 is 1. The molecule has 0 radical (unpaired) electrons. The van der Waals surface area contributed by atoms with Crippen molar-refractivity contribution in [1.82, 2.24) is 0 Å². The molecule has 1 rings (SSSR count). The van der Waals surface area contributed by atoms with Gasteiger partial charge in [-0.1, -0.05) is 0 Å². The zero-order valence-corrected chi connectivity index (χ0v) is 8.53. The molecule has 82 valence electrons. The Balaban J connectivity index is 2.73. The Kier molecular flexibility index (Phi) is 4.60. The second-order valence-corrected chi connectivity index (χ2v) is 2.91. The molecule has 1 aromatic rings. The summed E-state index contributed by atoms with van der Waals surface area (Å²) in [6, 6.07) is 4.91. The number of aldehydes is 1. The number of hydrogen-bond donors (Lipinski definition) is 0. The zero-order valence-electron chi connectivity index (χ0n) is 8.53. The van der Waals surface area contributed by atoms with E-state index in [1.807, 2.05) is 0 Å². The van der Waals surface area contributed by atoms with E-state index < -0.39 is 6.67 Å². The van der Waals surface area contributed by atoms with Crippen molar-refractivity contribution < 1.29 is 18.7 Å². The van der Waals surface area contributed by atoms with E-state index in [0.29, 0.717) is 29.8 Å². The van der Waals surface area contributed by atoms with E-state index >= 15 is 0 Å². The summed E-state index contributed by atoms with van der Waals surface area (Å²) in [6.45, 7) is -0.157. The molecular weight excluding hydrogens is 199 g/mol. The lowest BCUT2D eigenvalue weighted by Gasteiger charge is -2.08. The highest BCUT2D eigenvalue weighted by atomic mass is 19.1. The summed E-state index contributed by atoms with van der Waals surface area (Å²) in [6.07, 6.45) is 1.01. The highest BCUT2D eigenvalue weighted by Crippen LogP contribution is 2.22. The standard InChI is InChI=1S/C11H13FO3/c1-14-10-3-4-11(9(7-10)8-13)15-6-2-5-12/h3-4,7-8H,2,5-6H2,1H3. The van der Waals surface area contributed by atoms with Crippen molar-refractivity contribution in [3.8, 4) is 11.5 Å². The van der Waals surface area contributed by atoms with E-state index in [-0.39, 0.29) is 6.61 Å². The number of benzene rings is 1. The maximum atomic E-state index is 11.8. The van der Waals surface area contributed by atoms with Crippen LogP contribution in [-0.4, -0.2) is 26.7 Å². The van der Waals surface area contributed by atoms with Gasteiger partial charge in [0.05, 0.1) is 26.0 Å². The molecule has 0 amide bonds. The summed E-state index contributed by atoms with van der Waals surface area (Å²) in [7, 11) is 1.52. The first-order chi connectivity index (χ1) is 7.31. The van der Waals surface area contributed by atoms with Crippen molar-refractivity contribution >= 4 is 6.29 Å². The van der Waals surface area contributed by atoms with Crippen molar-refractivity contribution in [1.29, 1.82) is 0 Å². The molecule has 0 aliphatic rings. The fourth-order valence-corrected chi connectivity index (χ4v) is 1.11. The number of carbonyl (C=O) groups excluding carboxylic acids is 1. The van der Waals surface area contributed by atoms with Gasteiger partial charge in [-0.05, 0) is 18.2 Å². The molecule has 0 spiro atoms. The van der Waals surface area contributed by atoms with Crippen molar-refractivity contribution in [2.75, 3.05) is 20.4 Å². The van der Waals surface area contributed by atoms with Crippen LogP contribution in [0.3, 0.4) is 0 Å². The van der Waals surface area contributed by atoms with Gasteiger partial charge in [-0.15, -0.1) is 0 Å². The zero-order chi connectivity index (χ0) is 11.1. The maximum absolute atomic E-state index is 11.8. The van der Waals surface area contributed by atoms with Gasteiger partial charge in [0.2, 0.25) is 0 Å². The molecule has 0 saturated carbocycles. The third-order valence-corrected chi connectivity index (χ3v) is 1.88. The predicted molar refractivity (Wildman–Crippen MR) is 54.5 cm³/mol. The molecule has 0 atom stereocenters. The van der Waals surface area contributed by atoms with Crippen LogP contribution in [0.4, 0.5) is 4.39 Å². The molecule has 0 aliphatic heterocycles. The lowest BCUT2D eigenvalue weighted by molar-refractivity contribution is 0.111. The molecule has 0 unspecified atom stereocenters. The molecule has 3 nitrogen and oxygen atoms in total. The normalized spacial score (nSPS) is 9.73. The second kappa shape index (κ2) is 6.01. The Hall–Kier alpha value is -1.58. The Morgan fingerprint density at radius 1 is 1.47 bits per heavy atom. The molecule has 1 aromatic carbocycles. The molecule has 0 aromatic heterocycles. The topological polar surface area (TPSA) is 35.5 Å². The average molecular weight is 212 g/mol. The minimum atomic E-state index is -0.424. The molecule has 0 bridgehead atoms. The van der Waals surface area contributed by atoms with Crippen LogP contribution in [0, 0.1) is 0 Å². The van der Waals surface area contributed by atoms with Gasteiger partial charge in [0.1, 0.15) is 11.5 Å². The average Bonchev–Trinajstić information content (AvgIpc) is 2.29. The van der Waals surface area contributed by atoms with Crippen LogP contribution in [-0.2, 0) is 0 Å². The summed E-state index contributed by atoms with van der Waals surface area (Å²) in [4.78, 5) is 10.7. The summed E-state index contributed by atoms with van der Waals surface area (Å²) in [5.74, 6) is 1.05. The Labute approximate surface area is 87.8 Å². The minimum absolute atomic E-state index is 0.268. The van der Waals surface area contributed by atoms with Crippen molar-refractivity contribution in [2.24, 2.45) is 0 Å². The summed E-state index contributed by atoms with van der Waals surface area (Å²) < 4.78 is 22.0. The van der Waals surface area contributed by atoms with E-state index in [9.17, 15) is 9.18 Å². The van der Waals surface area contributed by atoms with E-state index in [0.717, 1.165) is 0 Å². The van der Waals surface area contributed by atoms with E-state index in [2.05, 4.69) is 0 Å². The quantitative estimate of drug-likeness (QED) is 0.536. The van der Waals surface area contributed by atoms with Gasteiger partial charge in [0.15, 0.2) is 6.29 Å². The second-order valence-electron chi connectivity index (χ2n) is 2.91. The van der Waals surface area contributed by atoms with Crippen molar-refractivity contribution in [2.45, 2.75) is 6.42 Å². The third-order valence-electron chi connectivity index (χ3n) is 1.88. The monoisotopic (exact) mass is 212 g/mol. The smallest absolute Gasteiger partial charge is 0.153 e. The number of ether oxygens (including phenoxy) is 2. The SMILES string of the molecule is COc1ccc(OCCCF)c(C=O)c1. The molecule has 0 saturated heterocycles. The minimum Gasteiger partial charge on any atom is -0.497 e. The van der Waals surface area contributed by atoms with Crippen LogP contribution in [0.2, 0.25) is 0 Å². The Bertz CT molecular complexity index is 326. The van der Waals surface area contributed by atoms with Crippen LogP contribution in [0.5, 0.6) is 11.5 Å². The number of halogens is 1. The van der Waals surface area contributed by atoms with Crippen LogP contribution in [0.1, 0.15) is 16.8 Å². The van der Waals surface area contributed by atoms with Crippen molar-refractivity contribution in [3.05, 3.63) is 23.8 Å². The molecule has 4 heteroatoms. The number of carbonyl (C=O) groups is 1. The Morgan fingerprint density at radius 3 is 2.87 bits per heavy atom. The van der Waals surface area contributed by atoms with Gasteiger partial charge in [-0.2, -0.15) is 0 Å². The lowest BCUT2D eigenvalue weighted by atomic mass is 10.2. The van der Waals surface area contributed by atoms with Gasteiger partial charge >= 0.3 is 0 Å². The van der Waals surface area contributed by atoms with Gasteiger partial charge in [-0.25, -0.2) is 0 Å². The molecule has 0 N–H and O–H groups in total. The van der Waals surface area contributed by atoms with Crippen LogP contribution < -0.4 is 9.47 Å².